The van der Waals surface area contributed by atoms with E-state index >= 15 is 0 Å². The minimum atomic E-state index is 0.408. The normalized spacial score (nSPS) is 16.9. The van der Waals surface area contributed by atoms with Crippen molar-refractivity contribution in [1.29, 1.82) is 0 Å². The van der Waals surface area contributed by atoms with Crippen LogP contribution in [0.1, 0.15) is 24.1 Å². The lowest BCUT2D eigenvalue weighted by Crippen LogP contribution is -2.21. The minimum absolute atomic E-state index is 0.408. The van der Waals surface area contributed by atoms with Crippen molar-refractivity contribution in [3.63, 3.8) is 0 Å². The second-order valence-corrected chi connectivity index (χ2v) is 6.25. The molecule has 1 fully saturated rings. The molecule has 0 aromatic carbocycles. The van der Waals surface area contributed by atoms with Crippen molar-refractivity contribution < 1.29 is 0 Å². The van der Waals surface area contributed by atoms with Crippen LogP contribution in [-0.4, -0.2) is 32.3 Å². The number of nitrogens with zero attached hydrogens (tertiary/aromatic N) is 2. The average Bonchev–Trinajstić information content (AvgIpc) is 2.97. The van der Waals surface area contributed by atoms with E-state index in [0.717, 1.165) is 23.6 Å². The molecule has 1 aromatic rings. The van der Waals surface area contributed by atoms with Gasteiger partial charge in [0.05, 0.1) is 11.3 Å². The number of nitrogens with one attached hydrogen (secondary N) is 1. The van der Waals surface area contributed by atoms with Crippen LogP contribution in [0.3, 0.4) is 0 Å². The summed E-state index contributed by atoms with van der Waals surface area (Å²) in [4.78, 5) is 0.409. The van der Waals surface area contributed by atoms with Crippen molar-refractivity contribution in [1.82, 2.24) is 9.78 Å². The zero-order valence-electron chi connectivity index (χ0n) is 10.4. The maximum atomic E-state index is 5.75. The van der Waals surface area contributed by atoms with E-state index in [-0.39, 0.29) is 0 Å². The second kappa shape index (κ2) is 4.49. The fourth-order valence-corrected chi connectivity index (χ4v) is 2.96. The molecule has 1 aliphatic rings. The van der Waals surface area contributed by atoms with E-state index in [0.29, 0.717) is 9.74 Å². The summed E-state index contributed by atoms with van der Waals surface area (Å²) in [6.45, 7) is 2.88. The number of thioether (sulfide) groups is 1. The van der Waals surface area contributed by atoms with Gasteiger partial charge in [-0.05, 0) is 26.0 Å². The fraction of sp³-hybridized carbons (Fsp3) is 0.636. The SMILES string of the molecule is CSC1(CNc2c(C(N)=S)c(C)nn2C)CC1. The number of rotatable bonds is 5. The van der Waals surface area contributed by atoms with Crippen LogP contribution in [0.4, 0.5) is 5.82 Å². The maximum absolute atomic E-state index is 5.75. The first-order valence-electron chi connectivity index (χ1n) is 5.61. The van der Waals surface area contributed by atoms with Crippen LogP contribution in [0, 0.1) is 6.92 Å². The Bertz CT molecular complexity index is 449. The Hall–Kier alpha value is -0.750. The van der Waals surface area contributed by atoms with E-state index in [1.807, 2.05) is 30.4 Å². The van der Waals surface area contributed by atoms with E-state index < -0.39 is 0 Å². The standard InChI is InChI=1S/C11H18N4S2/c1-7-8(9(12)16)10(15(2)14-7)13-6-11(17-3)4-5-11/h13H,4-6H2,1-3H3,(H2,12,16). The van der Waals surface area contributed by atoms with Gasteiger partial charge in [0.25, 0.3) is 0 Å². The van der Waals surface area contributed by atoms with E-state index in [4.69, 9.17) is 18.0 Å². The van der Waals surface area contributed by atoms with Gasteiger partial charge in [-0.3, -0.25) is 4.68 Å². The van der Waals surface area contributed by atoms with Gasteiger partial charge in [0.15, 0.2) is 0 Å². The predicted molar refractivity (Wildman–Crippen MR) is 77.8 cm³/mol. The van der Waals surface area contributed by atoms with Crippen LogP contribution in [0.2, 0.25) is 0 Å². The molecule has 4 nitrogen and oxygen atoms in total. The van der Waals surface area contributed by atoms with E-state index in [9.17, 15) is 0 Å². The van der Waals surface area contributed by atoms with Crippen LogP contribution in [0.5, 0.6) is 0 Å². The highest BCUT2D eigenvalue weighted by molar-refractivity contribution is 8.00. The van der Waals surface area contributed by atoms with E-state index in [1.165, 1.54) is 12.8 Å². The number of aromatic nitrogens is 2. The third-order valence-electron chi connectivity index (χ3n) is 3.29. The van der Waals surface area contributed by atoms with Gasteiger partial charge < -0.3 is 11.1 Å². The molecule has 6 heteroatoms. The summed E-state index contributed by atoms with van der Waals surface area (Å²) in [6.07, 6.45) is 4.72. The third kappa shape index (κ3) is 2.42. The molecular weight excluding hydrogens is 252 g/mol. The molecule has 0 saturated heterocycles. The van der Waals surface area contributed by atoms with Crippen LogP contribution in [-0.2, 0) is 7.05 Å². The lowest BCUT2D eigenvalue weighted by molar-refractivity contribution is 0.754. The highest BCUT2D eigenvalue weighted by atomic mass is 32.2. The molecule has 1 saturated carbocycles. The Morgan fingerprint density at radius 3 is 2.76 bits per heavy atom. The molecule has 0 spiro atoms. The summed E-state index contributed by atoms with van der Waals surface area (Å²) >= 11 is 7.01. The molecule has 0 unspecified atom stereocenters. The highest BCUT2D eigenvalue weighted by Gasteiger charge is 2.41. The van der Waals surface area contributed by atoms with Gasteiger partial charge >= 0.3 is 0 Å². The van der Waals surface area contributed by atoms with Gasteiger partial charge in [-0.25, -0.2) is 0 Å². The Labute approximate surface area is 111 Å². The molecule has 0 amide bonds. The summed E-state index contributed by atoms with van der Waals surface area (Å²) in [6, 6.07) is 0. The van der Waals surface area contributed by atoms with Crippen LogP contribution >= 0.6 is 24.0 Å². The molecule has 94 valence electrons. The van der Waals surface area contributed by atoms with Gasteiger partial charge in [-0.15, -0.1) is 0 Å². The summed E-state index contributed by atoms with van der Waals surface area (Å²) in [5.41, 5.74) is 7.51. The van der Waals surface area contributed by atoms with Crippen molar-refractivity contribution in [2.24, 2.45) is 12.8 Å². The average molecular weight is 270 g/mol. The number of aryl methyl sites for hydroxylation is 2. The molecular formula is C11H18N4S2. The fourth-order valence-electron chi connectivity index (χ4n) is 1.99. The molecule has 0 aliphatic heterocycles. The molecule has 0 bridgehead atoms. The van der Waals surface area contributed by atoms with E-state index in [2.05, 4.69) is 16.7 Å². The van der Waals surface area contributed by atoms with Gasteiger partial charge in [-0.2, -0.15) is 16.9 Å². The zero-order valence-corrected chi connectivity index (χ0v) is 12.0. The van der Waals surface area contributed by atoms with E-state index in [1.54, 1.807) is 0 Å². The second-order valence-electron chi connectivity index (χ2n) is 4.54. The highest BCUT2D eigenvalue weighted by Crippen LogP contribution is 2.47. The number of thiocarbonyl (C=S) groups is 1. The molecule has 1 heterocycles. The Kier molecular flexibility index (Phi) is 3.36. The summed E-state index contributed by atoms with van der Waals surface area (Å²) < 4.78 is 2.23. The minimum Gasteiger partial charge on any atom is -0.389 e. The smallest absolute Gasteiger partial charge is 0.134 e. The first-order chi connectivity index (χ1) is 7.99. The first kappa shape index (κ1) is 12.7. The Balaban J connectivity index is 2.17. The summed E-state index contributed by atoms with van der Waals surface area (Å²) in [7, 11) is 1.91. The maximum Gasteiger partial charge on any atom is 0.134 e. The predicted octanol–water partition coefficient (Wildman–Crippen LogP) is 1.67. The van der Waals surface area contributed by atoms with Crippen molar-refractivity contribution >= 4 is 34.8 Å². The Morgan fingerprint density at radius 2 is 2.29 bits per heavy atom. The molecule has 0 radical (unpaired) electrons. The van der Waals surface area contributed by atoms with Crippen LogP contribution in [0.15, 0.2) is 0 Å². The van der Waals surface area contributed by atoms with Gasteiger partial charge in [0.1, 0.15) is 10.8 Å². The van der Waals surface area contributed by atoms with Crippen molar-refractivity contribution in [3.05, 3.63) is 11.3 Å². The van der Waals surface area contributed by atoms with Crippen molar-refractivity contribution in [2.45, 2.75) is 24.5 Å². The quantitative estimate of drug-likeness (QED) is 0.797. The van der Waals surface area contributed by atoms with Gasteiger partial charge in [0.2, 0.25) is 0 Å². The molecule has 1 aliphatic carbocycles. The summed E-state index contributed by atoms with van der Waals surface area (Å²) in [5, 5.41) is 7.81. The van der Waals surface area contributed by atoms with Gasteiger partial charge in [-0.1, -0.05) is 12.2 Å². The number of anilines is 1. The monoisotopic (exact) mass is 270 g/mol. The lowest BCUT2D eigenvalue weighted by atomic mass is 10.2. The topological polar surface area (TPSA) is 55.9 Å². The number of hydrogen-bond donors (Lipinski definition) is 2. The molecule has 3 N–H and O–H groups in total. The van der Waals surface area contributed by atoms with Crippen LogP contribution in [0.25, 0.3) is 0 Å². The van der Waals surface area contributed by atoms with Gasteiger partial charge in [0, 0.05) is 18.3 Å². The third-order valence-corrected chi connectivity index (χ3v) is 4.91. The molecule has 0 atom stereocenters. The number of nitrogens with two attached hydrogens (primary N) is 1. The Morgan fingerprint density at radius 1 is 1.65 bits per heavy atom. The first-order valence-corrected chi connectivity index (χ1v) is 7.25. The number of hydrogen-bond acceptors (Lipinski definition) is 4. The summed E-state index contributed by atoms with van der Waals surface area (Å²) in [5.74, 6) is 0.940. The molecule has 17 heavy (non-hydrogen) atoms. The van der Waals surface area contributed by atoms with Crippen molar-refractivity contribution in [3.8, 4) is 0 Å². The lowest BCUT2D eigenvalue weighted by Gasteiger charge is -2.15. The zero-order chi connectivity index (χ0) is 12.6. The molecule has 1 aromatic heterocycles. The van der Waals surface area contributed by atoms with Crippen LogP contribution < -0.4 is 11.1 Å². The largest absolute Gasteiger partial charge is 0.389 e. The van der Waals surface area contributed by atoms with Crippen molar-refractivity contribution in [2.75, 3.05) is 18.1 Å². The molecule has 2 rings (SSSR count).